The van der Waals surface area contributed by atoms with Gasteiger partial charge in [-0.2, -0.15) is 0 Å². The van der Waals surface area contributed by atoms with Gasteiger partial charge in [0.25, 0.3) is 5.97 Å². The van der Waals surface area contributed by atoms with E-state index in [0.717, 1.165) is 19.3 Å². The second-order valence-corrected chi connectivity index (χ2v) is 9.35. The number of methoxy groups -OCH3 is 3. The fourth-order valence-corrected chi connectivity index (χ4v) is 5.04. The second kappa shape index (κ2) is 13.3. The molecule has 0 N–H and O–H groups in total. The van der Waals surface area contributed by atoms with Crippen LogP contribution in [-0.2, 0) is 24.0 Å². The van der Waals surface area contributed by atoms with Crippen molar-refractivity contribution in [2.75, 3.05) is 27.1 Å². The van der Waals surface area contributed by atoms with Gasteiger partial charge in [0.05, 0.1) is 10.6 Å². The molecule has 0 radical (unpaired) electrons. The molecule has 0 bridgehead atoms. The third-order valence-electron chi connectivity index (χ3n) is 5.33. The van der Waals surface area contributed by atoms with Gasteiger partial charge < -0.3 is 14.2 Å². The van der Waals surface area contributed by atoms with Crippen molar-refractivity contribution in [2.45, 2.75) is 75.6 Å². The minimum absolute atomic E-state index is 0.0235. The van der Waals surface area contributed by atoms with Crippen LogP contribution in [0.1, 0.15) is 64.7 Å². The first-order valence-corrected chi connectivity index (χ1v) is 12.0. The van der Waals surface area contributed by atoms with E-state index in [2.05, 4.69) is 6.92 Å². The number of rotatable bonds is 16. The predicted molar refractivity (Wildman–Crippen MR) is 113 cm³/mol. The first-order chi connectivity index (χ1) is 13.5. The highest BCUT2D eigenvalue weighted by Crippen LogP contribution is 2.32. The summed E-state index contributed by atoms with van der Waals surface area (Å²) in [6.07, 6.45) is 9.30. The number of benzene rings is 1. The summed E-state index contributed by atoms with van der Waals surface area (Å²) in [5, 5.41) is 0. The molecule has 0 aliphatic carbocycles. The molecule has 0 spiro atoms. The summed E-state index contributed by atoms with van der Waals surface area (Å²) in [6.45, 7) is 2.21. The van der Waals surface area contributed by atoms with Gasteiger partial charge in [-0.25, -0.2) is 8.42 Å². The van der Waals surface area contributed by atoms with Crippen LogP contribution in [0.4, 0.5) is 0 Å². The Labute approximate surface area is 171 Å². The van der Waals surface area contributed by atoms with Crippen LogP contribution in [0.25, 0.3) is 0 Å². The first kappa shape index (κ1) is 25.1. The van der Waals surface area contributed by atoms with Gasteiger partial charge in [0.1, 0.15) is 0 Å². The Morgan fingerprint density at radius 2 is 1.36 bits per heavy atom. The molecule has 0 amide bonds. The Morgan fingerprint density at radius 1 is 0.821 bits per heavy atom. The maximum Gasteiger partial charge on any atom is 0.285 e. The lowest BCUT2D eigenvalue weighted by atomic mass is 9.93. The largest absolute Gasteiger partial charge is 0.331 e. The number of sulfone groups is 1. The summed E-state index contributed by atoms with van der Waals surface area (Å²) in [5.74, 6) is -1.04. The SMILES string of the molecule is CCCCCCCCC(CCCS(=O)(=O)c1ccccc1)C(OC)(OC)OC. The van der Waals surface area contributed by atoms with Crippen LogP contribution in [0, 0.1) is 5.92 Å². The van der Waals surface area contributed by atoms with Crippen molar-refractivity contribution in [3.63, 3.8) is 0 Å². The van der Waals surface area contributed by atoms with E-state index in [1.807, 2.05) is 6.07 Å². The zero-order chi connectivity index (χ0) is 20.9. The molecule has 0 saturated heterocycles. The summed E-state index contributed by atoms with van der Waals surface area (Å²) in [6, 6.07) is 8.61. The zero-order valence-corrected chi connectivity index (χ0v) is 18.8. The summed E-state index contributed by atoms with van der Waals surface area (Å²) in [5.41, 5.74) is 0. The molecule has 1 aromatic rings. The van der Waals surface area contributed by atoms with Gasteiger partial charge in [0, 0.05) is 27.2 Å². The molecule has 1 unspecified atom stereocenters. The summed E-state index contributed by atoms with van der Waals surface area (Å²) in [7, 11) is 1.43. The Hall–Kier alpha value is -0.950. The molecule has 1 aromatic carbocycles. The van der Waals surface area contributed by atoms with Gasteiger partial charge in [-0.1, -0.05) is 63.6 Å². The number of hydrogen-bond acceptors (Lipinski definition) is 5. The molecular formula is C22H38O5S. The monoisotopic (exact) mass is 414 g/mol. The maximum atomic E-state index is 12.5. The average molecular weight is 415 g/mol. The smallest absolute Gasteiger partial charge is 0.285 e. The van der Waals surface area contributed by atoms with Crippen LogP contribution in [0.5, 0.6) is 0 Å². The van der Waals surface area contributed by atoms with Crippen molar-refractivity contribution in [3.8, 4) is 0 Å². The van der Waals surface area contributed by atoms with E-state index in [1.165, 1.54) is 25.7 Å². The molecule has 1 atom stereocenters. The molecule has 0 heterocycles. The van der Waals surface area contributed by atoms with Crippen molar-refractivity contribution in [2.24, 2.45) is 5.92 Å². The lowest BCUT2D eigenvalue weighted by Crippen LogP contribution is -2.44. The van der Waals surface area contributed by atoms with E-state index in [1.54, 1.807) is 45.6 Å². The van der Waals surface area contributed by atoms with Crippen LogP contribution in [0.2, 0.25) is 0 Å². The van der Waals surface area contributed by atoms with Gasteiger partial charge in [-0.05, 0) is 31.4 Å². The predicted octanol–water partition coefficient (Wildman–Crippen LogP) is 5.20. The van der Waals surface area contributed by atoms with Gasteiger partial charge in [0.2, 0.25) is 0 Å². The molecule has 0 aliphatic rings. The van der Waals surface area contributed by atoms with Crippen molar-refractivity contribution >= 4 is 9.84 Å². The summed E-state index contributed by atoms with van der Waals surface area (Å²) >= 11 is 0. The second-order valence-electron chi connectivity index (χ2n) is 7.24. The highest BCUT2D eigenvalue weighted by Gasteiger charge is 2.39. The topological polar surface area (TPSA) is 61.8 Å². The van der Waals surface area contributed by atoms with Crippen molar-refractivity contribution in [3.05, 3.63) is 30.3 Å². The fourth-order valence-electron chi connectivity index (χ4n) is 3.68. The van der Waals surface area contributed by atoms with Gasteiger partial charge in [-0.3, -0.25) is 0 Å². The van der Waals surface area contributed by atoms with Crippen molar-refractivity contribution in [1.29, 1.82) is 0 Å². The van der Waals surface area contributed by atoms with E-state index in [9.17, 15) is 8.42 Å². The van der Waals surface area contributed by atoms with E-state index in [4.69, 9.17) is 14.2 Å². The number of hydrogen-bond donors (Lipinski definition) is 0. The molecule has 0 aliphatic heterocycles. The van der Waals surface area contributed by atoms with Crippen LogP contribution in [0.15, 0.2) is 35.2 Å². The first-order valence-electron chi connectivity index (χ1n) is 10.4. The maximum absolute atomic E-state index is 12.5. The van der Waals surface area contributed by atoms with Crippen LogP contribution in [-0.4, -0.2) is 41.5 Å². The zero-order valence-electron chi connectivity index (χ0n) is 18.0. The van der Waals surface area contributed by atoms with E-state index >= 15 is 0 Å². The lowest BCUT2D eigenvalue weighted by Gasteiger charge is -2.36. The molecule has 28 heavy (non-hydrogen) atoms. The fraction of sp³-hybridized carbons (Fsp3) is 0.727. The Kier molecular flexibility index (Phi) is 11.9. The van der Waals surface area contributed by atoms with E-state index < -0.39 is 15.8 Å². The number of unbranched alkanes of at least 4 members (excludes halogenated alkanes) is 5. The lowest BCUT2D eigenvalue weighted by molar-refractivity contribution is -0.380. The Bertz CT molecular complexity index is 603. The number of ether oxygens (including phenoxy) is 3. The Balaban J connectivity index is 2.66. The normalized spacial score (nSPS) is 13.6. The minimum Gasteiger partial charge on any atom is -0.331 e. The van der Waals surface area contributed by atoms with Crippen molar-refractivity contribution < 1.29 is 22.6 Å². The minimum atomic E-state index is -3.28. The summed E-state index contributed by atoms with van der Waals surface area (Å²) in [4.78, 5) is 0.374. The van der Waals surface area contributed by atoms with Gasteiger partial charge in [-0.15, -0.1) is 0 Å². The summed E-state index contributed by atoms with van der Waals surface area (Å²) < 4.78 is 41.8. The van der Waals surface area contributed by atoms with E-state index in [0.29, 0.717) is 17.7 Å². The molecule has 0 saturated carbocycles. The van der Waals surface area contributed by atoms with Crippen LogP contribution >= 0.6 is 0 Å². The quantitative estimate of drug-likeness (QED) is 0.275. The van der Waals surface area contributed by atoms with Crippen molar-refractivity contribution in [1.82, 2.24) is 0 Å². The highest BCUT2D eigenvalue weighted by molar-refractivity contribution is 7.91. The third-order valence-corrected chi connectivity index (χ3v) is 7.14. The van der Waals surface area contributed by atoms with Crippen LogP contribution in [0.3, 0.4) is 0 Å². The van der Waals surface area contributed by atoms with Crippen LogP contribution < -0.4 is 0 Å². The molecule has 6 heteroatoms. The molecule has 0 aromatic heterocycles. The molecule has 1 rings (SSSR count). The molecule has 0 fully saturated rings. The molecular weight excluding hydrogens is 376 g/mol. The van der Waals surface area contributed by atoms with Gasteiger partial charge in [0.15, 0.2) is 9.84 Å². The average Bonchev–Trinajstić information content (AvgIpc) is 2.72. The standard InChI is InChI=1S/C22H38O5S/c1-5-6-7-8-9-11-15-20(22(25-2,26-3)27-4)16-14-19-28(23,24)21-17-12-10-13-18-21/h10,12-13,17-18,20H,5-9,11,14-16,19H2,1-4H3. The Morgan fingerprint density at radius 3 is 1.93 bits per heavy atom. The van der Waals surface area contributed by atoms with E-state index in [-0.39, 0.29) is 11.7 Å². The third kappa shape index (κ3) is 7.82. The van der Waals surface area contributed by atoms with Gasteiger partial charge >= 0.3 is 0 Å². The molecule has 5 nitrogen and oxygen atoms in total. The molecule has 162 valence electrons. The highest BCUT2D eigenvalue weighted by atomic mass is 32.2.